The van der Waals surface area contributed by atoms with Crippen molar-refractivity contribution in [1.29, 1.82) is 0 Å². The predicted octanol–water partition coefficient (Wildman–Crippen LogP) is 1.51. The third-order valence-corrected chi connectivity index (χ3v) is 2.19. The molecule has 1 saturated heterocycles. The van der Waals surface area contributed by atoms with Crippen molar-refractivity contribution in [1.82, 2.24) is 10.6 Å². The fourth-order valence-electron chi connectivity index (χ4n) is 1.54. The van der Waals surface area contributed by atoms with Gasteiger partial charge in [0.1, 0.15) is 5.60 Å². The number of alkyl halides is 2. The molecule has 0 spiro atoms. The molecule has 1 rings (SSSR count). The number of amides is 1. The van der Waals surface area contributed by atoms with Crippen molar-refractivity contribution in [3.63, 3.8) is 0 Å². The van der Waals surface area contributed by atoms with Crippen LogP contribution in [-0.4, -0.2) is 36.7 Å². The molecule has 0 aromatic heterocycles. The molecule has 0 radical (unpaired) electrons. The largest absolute Gasteiger partial charge is 0.444 e. The third-order valence-electron chi connectivity index (χ3n) is 2.19. The second-order valence-electron chi connectivity index (χ2n) is 4.93. The van der Waals surface area contributed by atoms with Gasteiger partial charge < -0.3 is 15.4 Å². The summed E-state index contributed by atoms with van der Waals surface area (Å²) >= 11 is 0. The molecular formula is C10H18F2N2O2. The molecule has 6 heteroatoms. The van der Waals surface area contributed by atoms with Crippen LogP contribution in [0.25, 0.3) is 0 Å². The van der Waals surface area contributed by atoms with Crippen LogP contribution in [-0.2, 0) is 4.74 Å². The van der Waals surface area contributed by atoms with E-state index in [1.54, 1.807) is 20.8 Å². The lowest BCUT2D eigenvalue weighted by molar-refractivity contribution is 0.0503. The Labute approximate surface area is 93.7 Å². The fraction of sp³-hybridized carbons (Fsp3) is 0.900. The summed E-state index contributed by atoms with van der Waals surface area (Å²) in [4.78, 5) is 11.3. The Bertz CT molecular complexity index is 254. The zero-order chi connectivity index (χ0) is 12.3. The minimum atomic E-state index is -2.40. The molecule has 0 aliphatic carbocycles. The molecule has 2 atom stereocenters. The highest BCUT2D eigenvalue weighted by Gasteiger charge is 2.32. The Hall–Kier alpha value is -0.910. The van der Waals surface area contributed by atoms with Gasteiger partial charge in [0.05, 0.1) is 6.04 Å². The van der Waals surface area contributed by atoms with Gasteiger partial charge in [-0.2, -0.15) is 0 Å². The van der Waals surface area contributed by atoms with Gasteiger partial charge in [0.25, 0.3) is 6.43 Å². The first-order valence-corrected chi connectivity index (χ1v) is 5.29. The first-order valence-electron chi connectivity index (χ1n) is 5.29. The molecule has 1 fully saturated rings. The van der Waals surface area contributed by atoms with Crippen LogP contribution < -0.4 is 10.6 Å². The van der Waals surface area contributed by atoms with E-state index in [-0.39, 0.29) is 12.5 Å². The topological polar surface area (TPSA) is 50.4 Å². The van der Waals surface area contributed by atoms with E-state index in [2.05, 4.69) is 10.6 Å². The molecule has 0 aromatic carbocycles. The van der Waals surface area contributed by atoms with Gasteiger partial charge in [-0.3, -0.25) is 0 Å². The van der Waals surface area contributed by atoms with Crippen molar-refractivity contribution in [3.8, 4) is 0 Å². The van der Waals surface area contributed by atoms with E-state index < -0.39 is 24.2 Å². The van der Waals surface area contributed by atoms with E-state index in [4.69, 9.17) is 4.74 Å². The maximum atomic E-state index is 12.3. The lowest BCUT2D eigenvalue weighted by Crippen LogP contribution is -2.40. The maximum Gasteiger partial charge on any atom is 0.407 e. The van der Waals surface area contributed by atoms with Crippen molar-refractivity contribution in [2.24, 2.45) is 0 Å². The Kier molecular flexibility index (Phi) is 4.07. The summed E-state index contributed by atoms with van der Waals surface area (Å²) in [5.74, 6) is 0. The molecular weight excluding hydrogens is 218 g/mol. The maximum absolute atomic E-state index is 12.3. The zero-order valence-corrected chi connectivity index (χ0v) is 9.72. The van der Waals surface area contributed by atoms with Gasteiger partial charge in [-0.1, -0.05) is 0 Å². The average molecular weight is 236 g/mol. The van der Waals surface area contributed by atoms with Crippen molar-refractivity contribution < 1.29 is 18.3 Å². The zero-order valence-electron chi connectivity index (χ0n) is 9.72. The van der Waals surface area contributed by atoms with Gasteiger partial charge in [-0.25, -0.2) is 13.6 Å². The number of alkyl carbamates (subject to hydrolysis) is 1. The highest BCUT2D eigenvalue weighted by Crippen LogP contribution is 2.14. The van der Waals surface area contributed by atoms with Crippen LogP contribution >= 0.6 is 0 Å². The van der Waals surface area contributed by atoms with Crippen LogP contribution in [0.4, 0.5) is 13.6 Å². The first-order chi connectivity index (χ1) is 7.28. The van der Waals surface area contributed by atoms with Crippen LogP contribution in [0.5, 0.6) is 0 Å². The van der Waals surface area contributed by atoms with Gasteiger partial charge in [-0.15, -0.1) is 0 Å². The molecule has 0 bridgehead atoms. The highest BCUT2D eigenvalue weighted by atomic mass is 19.3. The number of hydrogen-bond acceptors (Lipinski definition) is 3. The summed E-state index contributed by atoms with van der Waals surface area (Å²) in [6.45, 7) is 5.61. The second-order valence-corrected chi connectivity index (χ2v) is 4.93. The quantitative estimate of drug-likeness (QED) is 0.764. The summed E-state index contributed by atoms with van der Waals surface area (Å²) < 4.78 is 29.7. The summed E-state index contributed by atoms with van der Waals surface area (Å²) in [6, 6.07) is -1.12. The Morgan fingerprint density at radius 3 is 2.56 bits per heavy atom. The highest BCUT2D eigenvalue weighted by molar-refractivity contribution is 5.68. The van der Waals surface area contributed by atoms with E-state index in [9.17, 15) is 13.6 Å². The van der Waals surface area contributed by atoms with Crippen molar-refractivity contribution in [2.75, 3.05) is 6.54 Å². The van der Waals surface area contributed by atoms with Crippen molar-refractivity contribution in [2.45, 2.75) is 51.3 Å². The van der Waals surface area contributed by atoms with Crippen LogP contribution in [0.1, 0.15) is 27.2 Å². The Morgan fingerprint density at radius 2 is 2.12 bits per heavy atom. The average Bonchev–Trinajstić information content (AvgIpc) is 2.48. The van der Waals surface area contributed by atoms with Crippen molar-refractivity contribution in [3.05, 3.63) is 0 Å². The fourth-order valence-corrected chi connectivity index (χ4v) is 1.54. The predicted molar refractivity (Wildman–Crippen MR) is 55.6 cm³/mol. The number of carbonyl (C=O) groups excluding carboxylic acids is 1. The Morgan fingerprint density at radius 1 is 1.50 bits per heavy atom. The normalized spacial score (nSPS) is 25.9. The van der Waals surface area contributed by atoms with E-state index in [0.29, 0.717) is 6.54 Å². The lowest BCUT2D eigenvalue weighted by Gasteiger charge is -2.21. The molecule has 2 N–H and O–H groups in total. The van der Waals surface area contributed by atoms with Crippen LogP contribution in [0.15, 0.2) is 0 Å². The molecule has 0 saturated carbocycles. The molecule has 1 aliphatic heterocycles. The minimum absolute atomic E-state index is 0.233. The molecule has 1 amide bonds. The Balaban J connectivity index is 2.32. The van der Waals surface area contributed by atoms with E-state index in [1.807, 2.05) is 0 Å². The number of hydrogen-bond donors (Lipinski definition) is 2. The third kappa shape index (κ3) is 4.30. The minimum Gasteiger partial charge on any atom is -0.444 e. The number of ether oxygens (including phenoxy) is 1. The van der Waals surface area contributed by atoms with Gasteiger partial charge in [0.15, 0.2) is 0 Å². The van der Waals surface area contributed by atoms with Crippen molar-refractivity contribution >= 4 is 6.09 Å². The molecule has 94 valence electrons. The number of rotatable bonds is 2. The monoisotopic (exact) mass is 236 g/mol. The van der Waals surface area contributed by atoms with Crippen LogP contribution in [0.2, 0.25) is 0 Å². The van der Waals surface area contributed by atoms with E-state index in [1.165, 1.54) is 0 Å². The molecule has 0 aromatic rings. The van der Waals surface area contributed by atoms with E-state index in [0.717, 1.165) is 0 Å². The first kappa shape index (κ1) is 13.2. The van der Waals surface area contributed by atoms with Gasteiger partial charge in [-0.05, 0) is 27.2 Å². The van der Waals surface area contributed by atoms with Crippen LogP contribution in [0.3, 0.4) is 0 Å². The molecule has 1 heterocycles. The van der Waals surface area contributed by atoms with Gasteiger partial charge in [0, 0.05) is 12.6 Å². The number of halogens is 2. The van der Waals surface area contributed by atoms with Crippen LogP contribution in [0, 0.1) is 0 Å². The molecule has 16 heavy (non-hydrogen) atoms. The summed E-state index contributed by atoms with van der Waals surface area (Å²) in [5.41, 5.74) is -0.571. The van der Waals surface area contributed by atoms with E-state index >= 15 is 0 Å². The number of nitrogens with one attached hydrogen (secondary N) is 2. The number of carbonyl (C=O) groups is 1. The summed E-state index contributed by atoms with van der Waals surface area (Å²) in [6.07, 6.45) is -2.73. The standard InChI is InChI=1S/C10H18F2N2O2/c1-10(2,3)16-9(15)14-6-4-7(8(11)12)13-5-6/h6-8,13H,4-5H2,1-3H3,(H,14,15)/t6-,7+/m0/s1. The summed E-state index contributed by atoms with van der Waals surface area (Å²) in [5, 5.41) is 5.22. The second kappa shape index (κ2) is 4.95. The van der Waals surface area contributed by atoms with Gasteiger partial charge in [0.2, 0.25) is 0 Å². The lowest BCUT2D eigenvalue weighted by atomic mass is 10.2. The molecule has 1 aliphatic rings. The van der Waals surface area contributed by atoms with Gasteiger partial charge >= 0.3 is 6.09 Å². The molecule has 4 nitrogen and oxygen atoms in total. The summed E-state index contributed by atoms with van der Waals surface area (Å²) in [7, 11) is 0. The SMILES string of the molecule is CC(C)(C)OC(=O)N[C@@H]1CN[C@@H](C(F)F)C1. The molecule has 0 unspecified atom stereocenters. The smallest absolute Gasteiger partial charge is 0.407 e.